The van der Waals surface area contributed by atoms with Gasteiger partial charge in [0.1, 0.15) is 11.4 Å². The number of rotatable bonds is 3. The minimum atomic E-state index is -3.88. The zero-order valence-corrected chi connectivity index (χ0v) is 10.5. The van der Waals surface area contributed by atoms with Gasteiger partial charge in [0, 0.05) is 6.20 Å². The molecule has 2 aromatic rings. The number of nitrogens with zero attached hydrogens (tertiary/aromatic N) is 1. The van der Waals surface area contributed by atoms with Gasteiger partial charge >= 0.3 is 0 Å². The van der Waals surface area contributed by atoms with E-state index < -0.39 is 15.6 Å². The molecule has 0 fully saturated rings. The second-order valence-corrected chi connectivity index (χ2v) is 5.29. The molecule has 0 unspecified atom stereocenters. The first-order chi connectivity index (χ1) is 8.42. The van der Waals surface area contributed by atoms with Crippen LogP contribution in [0.1, 0.15) is 11.5 Å². The van der Waals surface area contributed by atoms with Crippen molar-refractivity contribution < 1.29 is 12.9 Å². The first-order valence-electron chi connectivity index (χ1n) is 5.05. The first kappa shape index (κ1) is 12.4. The lowest BCUT2D eigenvalue weighted by Crippen LogP contribution is -2.20. The highest BCUT2D eigenvalue weighted by Crippen LogP contribution is 2.20. The zero-order valence-electron chi connectivity index (χ0n) is 9.72. The summed E-state index contributed by atoms with van der Waals surface area (Å²) in [4.78, 5) is 13.7. The van der Waals surface area contributed by atoms with Crippen LogP contribution >= 0.6 is 0 Å². The Morgan fingerprint density at radius 2 is 2.11 bits per heavy atom. The third-order valence-corrected chi connectivity index (χ3v) is 3.91. The number of hydrogen-bond acceptors (Lipinski definition) is 5. The molecule has 0 saturated carbocycles. The average molecular weight is 269 g/mol. The summed E-state index contributed by atoms with van der Waals surface area (Å²) in [5.41, 5.74) is -0.335. The van der Waals surface area contributed by atoms with E-state index in [-0.39, 0.29) is 22.0 Å². The Labute approximate surface area is 103 Å². The molecule has 0 saturated heterocycles. The molecule has 0 bridgehead atoms. The maximum absolute atomic E-state index is 12.1. The van der Waals surface area contributed by atoms with E-state index in [2.05, 4.69) is 14.9 Å². The summed E-state index contributed by atoms with van der Waals surface area (Å²) in [7, 11) is -3.88. The Balaban J connectivity index is 2.46. The molecule has 0 aliphatic carbocycles. The Bertz CT molecular complexity index is 710. The molecule has 0 aromatic carbocycles. The number of hydrogen-bond donors (Lipinski definition) is 2. The summed E-state index contributed by atoms with van der Waals surface area (Å²) in [6.45, 7) is 3.00. The Kier molecular flexibility index (Phi) is 2.95. The maximum Gasteiger partial charge on any atom is 0.272 e. The maximum atomic E-state index is 12.1. The van der Waals surface area contributed by atoms with E-state index in [0.717, 1.165) is 0 Å². The smallest absolute Gasteiger partial charge is 0.272 e. The molecule has 0 aliphatic heterocycles. The summed E-state index contributed by atoms with van der Waals surface area (Å²) in [6.07, 6.45) is 1.41. The molecule has 2 heterocycles. The van der Waals surface area contributed by atoms with Crippen molar-refractivity contribution in [2.24, 2.45) is 0 Å². The van der Waals surface area contributed by atoms with Gasteiger partial charge in [0.05, 0.1) is 0 Å². The number of aromatic nitrogens is 2. The molecule has 8 heteroatoms. The Hall–Kier alpha value is -2.09. The highest BCUT2D eigenvalue weighted by atomic mass is 32.2. The van der Waals surface area contributed by atoms with Crippen molar-refractivity contribution >= 4 is 15.7 Å². The van der Waals surface area contributed by atoms with Crippen LogP contribution in [-0.2, 0) is 10.0 Å². The second-order valence-electron chi connectivity index (χ2n) is 3.67. The van der Waals surface area contributed by atoms with Crippen LogP contribution in [0.4, 0.5) is 5.69 Å². The fourth-order valence-electron chi connectivity index (χ4n) is 1.56. The number of aromatic amines is 1. The monoisotopic (exact) mass is 269 g/mol. The molecular weight excluding hydrogens is 258 g/mol. The van der Waals surface area contributed by atoms with Gasteiger partial charge in [0.15, 0.2) is 10.7 Å². The van der Waals surface area contributed by atoms with E-state index in [4.69, 9.17) is 4.52 Å². The van der Waals surface area contributed by atoms with Crippen molar-refractivity contribution in [3.05, 3.63) is 40.1 Å². The van der Waals surface area contributed by atoms with Gasteiger partial charge in [0.25, 0.3) is 15.6 Å². The van der Waals surface area contributed by atoms with E-state index in [1.807, 2.05) is 0 Å². The minimum Gasteiger partial charge on any atom is -0.360 e. The molecule has 18 heavy (non-hydrogen) atoms. The molecule has 0 aliphatic rings. The molecule has 2 N–H and O–H groups in total. The van der Waals surface area contributed by atoms with Crippen LogP contribution < -0.4 is 10.3 Å². The van der Waals surface area contributed by atoms with Crippen LogP contribution in [0.5, 0.6) is 0 Å². The minimum absolute atomic E-state index is 0.0502. The van der Waals surface area contributed by atoms with Crippen LogP contribution in [0.15, 0.2) is 32.5 Å². The first-order valence-corrected chi connectivity index (χ1v) is 6.53. The Morgan fingerprint density at radius 3 is 2.67 bits per heavy atom. The summed E-state index contributed by atoms with van der Waals surface area (Å²) in [5, 5.41) is 3.57. The molecule has 7 nitrogen and oxygen atoms in total. The van der Waals surface area contributed by atoms with Crippen molar-refractivity contribution in [3.8, 4) is 0 Å². The van der Waals surface area contributed by atoms with Gasteiger partial charge in [-0.25, -0.2) is 8.42 Å². The van der Waals surface area contributed by atoms with E-state index >= 15 is 0 Å². The van der Waals surface area contributed by atoms with Crippen molar-refractivity contribution in [2.75, 3.05) is 4.72 Å². The zero-order chi connectivity index (χ0) is 13.3. The number of pyridine rings is 1. The molecule has 0 amide bonds. The predicted molar refractivity (Wildman–Crippen MR) is 63.8 cm³/mol. The molecule has 0 radical (unpaired) electrons. The third kappa shape index (κ3) is 2.14. The van der Waals surface area contributed by atoms with Crippen LogP contribution in [-0.4, -0.2) is 18.6 Å². The number of aryl methyl sites for hydroxylation is 2. The fraction of sp³-hybridized carbons (Fsp3) is 0.200. The van der Waals surface area contributed by atoms with Gasteiger partial charge in [-0.15, -0.1) is 0 Å². The Morgan fingerprint density at radius 1 is 1.39 bits per heavy atom. The van der Waals surface area contributed by atoms with E-state index in [0.29, 0.717) is 0 Å². The average Bonchev–Trinajstić information content (AvgIpc) is 2.62. The van der Waals surface area contributed by atoms with Gasteiger partial charge in [0.2, 0.25) is 0 Å². The second kappa shape index (κ2) is 4.30. The molecule has 2 rings (SSSR count). The van der Waals surface area contributed by atoms with Crippen molar-refractivity contribution in [1.82, 2.24) is 10.1 Å². The fourth-order valence-corrected chi connectivity index (χ4v) is 2.95. The lowest BCUT2D eigenvalue weighted by Gasteiger charge is -2.05. The molecular formula is C10H11N3O4S. The van der Waals surface area contributed by atoms with Gasteiger partial charge in [-0.2, -0.15) is 0 Å². The van der Waals surface area contributed by atoms with E-state index in [1.165, 1.54) is 32.2 Å². The van der Waals surface area contributed by atoms with Crippen LogP contribution in [0.25, 0.3) is 0 Å². The highest BCUT2D eigenvalue weighted by Gasteiger charge is 2.24. The SMILES string of the molecule is Cc1noc(C)c1S(=O)(=O)Nc1ccc[nH]c1=O. The lowest BCUT2D eigenvalue weighted by atomic mass is 10.4. The summed E-state index contributed by atoms with van der Waals surface area (Å²) in [5.74, 6) is 0.173. The van der Waals surface area contributed by atoms with Gasteiger partial charge in [-0.3, -0.25) is 9.52 Å². The van der Waals surface area contributed by atoms with Crippen LogP contribution in [0.3, 0.4) is 0 Å². The quantitative estimate of drug-likeness (QED) is 0.856. The number of sulfonamides is 1. The van der Waals surface area contributed by atoms with Crippen molar-refractivity contribution in [3.63, 3.8) is 0 Å². The van der Waals surface area contributed by atoms with Crippen molar-refractivity contribution in [2.45, 2.75) is 18.7 Å². The highest BCUT2D eigenvalue weighted by molar-refractivity contribution is 7.92. The third-order valence-electron chi connectivity index (χ3n) is 2.30. The summed E-state index contributed by atoms with van der Waals surface area (Å²) < 4.78 is 31.2. The molecule has 0 atom stereocenters. The lowest BCUT2D eigenvalue weighted by molar-refractivity contribution is 0.390. The van der Waals surface area contributed by atoms with Crippen molar-refractivity contribution in [1.29, 1.82) is 0 Å². The van der Waals surface area contributed by atoms with Gasteiger partial charge in [-0.1, -0.05) is 5.16 Å². The largest absolute Gasteiger partial charge is 0.360 e. The van der Waals surface area contributed by atoms with Crippen LogP contribution in [0.2, 0.25) is 0 Å². The molecule has 96 valence electrons. The predicted octanol–water partition coefficient (Wildman–Crippen LogP) is 0.781. The topological polar surface area (TPSA) is 105 Å². The van der Waals surface area contributed by atoms with Crippen LogP contribution in [0, 0.1) is 13.8 Å². The van der Waals surface area contributed by atoms with Gasteiger partial charge in [-0.05, 0) is 26.0 Å². The standard InChI is InChI=1S/C10H11N3O4S/c1-6-9(7(2)17-12-6)18(15,16)13-8-4-3-5-11-10(8)14/h3-5,13H,1-2H3,(H,11,14). The number of anilines is 1. The number of nitrogens with one attached hydrogen (secondary N) is 2. The number of H-pyrrole nitrogens is 1. The normalized spacial score (nSPS) is 11.4. The van der Waals surface area contributed by atoms with Gasteiger partial charge < -0.3 is 9.51 Å². The molecule has 2 aromatic heterocycles. The molecule has 0 spiro atoms. The summed E-state index contributed by atoms with van der Waals surface area (Å²) >= 11 is 0. The summed E-state index contributed by atoms with van der Waals surface area (Å²) in [6, 6.07) is 2.89. The van der Waals surface area contributed by atoms with E-state index in [9.17, 15) is 13.2 Å². The van der Waals surface area contributed by atoms with E-state index in [1.54, 1.807) is 0 Å².